The highest BCUT2D eigenvalue weighted by Crippen LogP contribution is 2.22. The highest BCUT2D eigenvalue weighted by atomic mass is 16.6. The zero-order chi connectivity index (χ0) is 17.7. The van der Waals surface area contributed by atoms with Crippen molar-refractivity contribution in [1.29, 1.82) is 0 Å². The molecule has 0 aliphatic carbocycles. The fourth-order valence-electron chi connectivity index (χ4n) is 2.09. The molecule has 0 aliphatic heterocycles. The Balaban J connectivity index is 2.08. The van der Waals surface area contributed by atoms with Crippen LogP contribution >= 0.6 is 0 Å². The number of para-hydroxylation sites is 1. The van der Waals surface area contributed by atoms with Crippen molar-refractivity contribution in [2.75, 3.05) is 5.32 Å². The smallest absolute Gasteiger partial charge is 0.339 e. The number of hydrogen-bond donors (Lipinski definition) is 1. The first-order valence-electron chi connectivity index (χ1n) is 7.21. The maximum Gasteiger partial charge on any atom is 0.339 e. The molecule has 7 nitrogen and oxygen atoms in total. The Morgan fingerprint density at radius 2 is 1.79 bits per heavy atom. The molecule has 2 rings (SSSR count). The lowest BCUT2D eigenvalue weighted by molar-refractivity contribution is -0.385. The molecule has 0 spiro atoms. The van der Waals surface area contributed by atoms with E-state index in [1.165, 1.54) is 32.0 Å². The van der Waals surface area contributed by atoms with Gasteiger partial charge in [0.1, 0.15) is 0 Å². The lowest BCUT2D eigenvalue weighted by Gasteiger charge is -2.14. The van der Waals surface area contributed by atoms with Crippen LogP contribution in [0.25, 0.3) is 0 Å². The average molecular weight is 328 g/mol. The molecule has 124 valence electrons. The number of benzene rings is 2. The van der Waals surface area contributed by atoms with E-state index < -0.39 is 22.9 Å². The first-order chi connectivity index (χ1) is 11.4. The minimum atomic E-state index is -1.05. The molecule has 0 radical (unpaired) electrons. The number of nitro groups is 1. The van der Waals surface area contributed by atoms with Crippen molar-refractivity contribution in [3.63, 3.8) is 0 Å². The van der Waals surface area contributed by atoms with Crippen LogP contribution in [0.5, 0.6) is 0 Å². The molecule has 2 aromatic carbocycles. The summed E-state index contributed by atoms with van der Waals surface area (Å²) in [5.74, 6) is -1.27. The number of esters is 1. The van der Waals surface area contributed by atoms with Crippen LogP contribution in [0.1, 0.15) is 22.8 Å². The van der Waals surface area contributed by atoms with Gasteiger partial charge in [-0.3, -0.25) is 14.9 Å². The van der Waals surface area contributed by atoms with Crippen LogP contribution in [-0.4, -0.2) is 22.9 Å². The summed E-state index contributed by atoms with van der Waals surface area (Å²) >= 11 is 0. The summed E-state index contributed by atoms with van der Waals surface area (Å²) in [7, 11) is 0. The van der Waals surface area contributed by atoms with Crippen molar-refractivity contribution >= 4 is 23.3 Å². The molecule has 0 aromatic heterocycles. The number of nitro benzene ring substituents is 1. The van der Waals surface area contributed by atoms with Gasteiger partial charge in [0.05, 0.1) is 10.5 Å². The number of anilines is 1. The Hall–Kier alpha value is -3.22. The number of amides is 1. The molecule has 0 heterocycles. The summed E-state index contributed by atoms with van der Waals surface area (Å²) in [6, 6.07) is 12.9. The van der Waals surface area contributed by atoms with Crippen molar-refractivity contribution in [1.82, 2.24) is 0 Å². The van der Waals surface area contributed by atoms with Gasteiger partial charge in [-0.25, -0.2) is 4.79 Å². The Morgan fingerprint density at radius 1 is 1.12 bits per heavy atom. The monoisotopic (exact) mass is 328 g/mol. The van der Waals surface area contributed by atoms with Crippen LogP contribution in [-0.2, 0) is 9.53 Å². The number of hydrogen-bond acceptors (Lipinski definition) is 5. The SMILES string of the molecule is Cc1c(C(=O)O[C@H](C)C(=O)Nc2ccccc2)cccc1[N+](=O)[O-]. The first kappa shape index (κ1) is 17.1. The second kappa shape index (κ2) is 7.36. The van der Waals surface area contributed by atoms with Gasteiger partial charge >= 0.3 is 5.97 Å². The average Bonchev–Trinajstić information content (AvgIpc) is 2.55. The van der Waals surface area contributed by atoms with Crippen LogP contribution < -0.4 is 5.32 Å². The van der Waals surface area contributed by atoms with E-state index in [1.807, 2.05) is 6.07 Å². The topological polar surface area (TPSA) is 98.5 Å². The third kappa shape index (κ3) is 3.95. The van der Waals surface area contributed by atoms with Gasteiger partial charge in [-0.2, -0.15) is 0 Å². The molecule has 7 heteroatoms. The van der Waals surface area contributed by atoms with Crippen LogP contribution in [0, 0.1) is 17.0 Å². The van der Waals surface area contributed by atoms with Crippen molar-refractivity contribution in [3.05, 3.63) is 69.8 Å². The molecule has 1 N–H and O–H groups in total. The van der Waals surface area contributed by atoms with Gasteiger partial charge in [0.25, 0.3) is 11.6 Å². The molecule has 1 amide bonds. The summed E-state index contributed by atoms with van der Waals surface area (Å²) < 4.78 is 5.11. The number of carbonyl (C=O) groups is 2. The van der Waals surface area contributed by atoms with E-state index in [4.69, 9.17) is 4.74 Å². The highest BCUT2D eigenvalue weighted by molar-refractivity contribution is 5.98. The minimum absolute atomic E-state index is 0.0589. The molecule has 0 aliphatic rings. The van der Waals surface area contributed by atoms with Gasteiger partial charge in [0.15, 0.2) is 6.10 Å². The number of rotatable bonds is 5. The molecule has 24 heavy (non-hydrogen) atoms. The van der Waals surface area contributed by atoms with E-state index >= 15 is 0 Å². The van der Waals surface area contributed by atoms with Crippen LogP contribution in [0.4, 0.5) is 11.4 Å². The predicted octanol–water partition coefficient (Wildman–Crippen LogP) is 3.09. The van der Waals surface area contributed by atoms with Crippen LogP contribution in [0.3, 0.4) is 0 Å². The summed E-state index contributed by atoms with van der Waals surface area (Å²) in [5.41, 5.74) is 0.662. The van der Waals surface area contributed by atoms with Gasteiger partial charge in [0.2, 0.25) is 0 Å². The summed E-state index contributed by atoms with van der Waals surface area (Å²) in [4.78, 5) is 34.6. The maximum atomic E-state index is 12.2. The van der Waals surface area contributed by atoms with Gasteiger partial charge in [-0.1, -0.05) is 24.3 Å². The summed E-state index contributed by atoms with van der Waals surface area (Å²) in [5, 5.41) is 13.5. The Morgan fingerprint density at radius 3 is 2.42 bits per heavy atom. The first-order valence-corrected chi connectivity index (χ1v) is 7.21. The van der Waals surface area contributed by atoms with Crippen molar-refractivity contribution in [3.8, 4) is 0 Å². The normalized spacial score (nSPS) is 11.4. The number of carbonyl (C=O) groups excluding carboxylic acids is 2. The molecule has 1 atom stereocenters. The van der Waals surface area contributed by atoms with E-state index in [0.29, 0.717) is 5.69 Å². The molecular weight excluding hydrogens is 312 g/mol. The molecule has 0 saturated heterocycles. The summed E-state index contributed by atoms with van der Waals surface area (Å²) in [6.07, 6.45) is -1.05. The fraction of sp³-hybridized carbons (Fsp3) is 0.176. The number of nitrogens with zero attached hydrogens (tertiary/aromatic N) is 1. The number of nitrogens with one attached hydrogen (secondary N) is 1. The Bertz CT molecular complexity index is 774. The van der Waals surface area contributed by atoms with E-state index in [2.05, 4.69) is 5.32 Å². The third-order valence-electron chi connectivity index (χ3n) is 3.42. The molecule has 0 bridgehead atoms. The predicted molar refractivity (Wildman–Crippen MR) is 87.8 cm³/mol. The van der Waals surface area contributed by atoms with Gasteiger partial charge in [-0.15, -0.1) is 0 Å². The molecule has 2 aromatic rings. The van der Waals surface area contributed by atoms with E-state index in [9.17, 15) is 19.7 Å². The number of ether oxygens (including phenoxy) is 1. The Kier molecular flexibility index (Phi) is 5.26. The zero-order valence-corrected chi connectivity index (χ0v) is 13.2. The van der Waals surface area contributed by atoms with Crippen LogP contribution in [0.2, 0.25) is 0 Å². The molecular formula is C17H16N2O5. The van der Waals surface area contributed by atoms with Crippen molar-refractivity contribution in [2.24, 2.45) is 0 Å². The highest BCUT2D eigenvalue weighted by Gasteiger charge is 2.23. The van der Waals surface area contributed by atoms with Crippen molar-refractivity contribution in [2.45, 2.75) is 20.0 Å². The third-order valence-corrected chi connectivity index (χ3v) is 3.42. The second-order valence-electron chi connectivity index (χ2n) is 5.11. The van der Waals surface area contributed by atoms with Gasteiger partial charge in [0, 0.05) is 17.3 Å². The minimum Gasteiger partial charge on any atom is -0.449 e. The van der Waals surface area contributed by atoms with Gasteiger partial charge in [-0.05, 0) is 32.0 Å². The van der Waals surface area contributed by atoms with E-state index in [-0.39, 0.29) is 16.8 Å². The fourth-order valence-corrected chi connectivity index (χ4v) is 2.09. The second-order valence-corrected chi connectivity index (χ2v) is 5.11. The lowest BCUT2D eigenvalue weighted by atomic mass is 10.1. The van der Waals surface area contributed by atoms with E-state index in [1.54, 1.807) is 24.3 Å². The maximum absolute atomic E-state index is 12.2. The lowest BCUT2D eigenvalue weighted by Crippen LogP contribution is -2.30. The molecule has 0 saturated carbocycles. The van der Waals surface area contributed by atoms with Gasteiger partial charge < -0.3 is 10.1 Å². The van der Waals surface area contributed by atoms with Crippen molar-refractivity contribution < 1.29 is 19.2 Å². The van der Waals surface area contributed by atoms with Crippen LogP contribution in [0.15, 0.2) is 48.5 Å². The molecule has 0 fully saturated rings. The quantitative estimate of drug-likeness (QED) is 0.516. The standard InChI is InChI=1S/C17H16N2O5/c1-11-14(9-6-10-15(11)19(22)23)17(21)24-12(2)16(20)18-13-7-4-3-5-8-13/h3-10,12H,1-2H3,(H,18,20)/t12-/m1/s1. The largest absolute Gasteiger partial charge is 0.449 e. The summed E-state index contributed by atoms with van der Waals surface area (Å²) in [6.45, 7) is 2.90. The van der Waals surface area contributed by atoms with E-state index in [0.717, 1.165) is 0 Å². The Labute approximate surface area is 138 Å². The molecule has 0 unspecified atom stereocenters. The zero-order valence-electron chi connectivity index (χ0n) is 13.2.